The molecule has 2 aromatic rings. The number of aryl methyl sites for hydroxylation is 1. The zero-order valence-electron chi connectivity index (χ0n) is 14.0. The van der Waals surface area contributed by atoms with Crippen molar-refractivity contribution in [3.8, 4) is 0 Å². The Bertz CT molecular complexity index is 719. The van der Waals surface area contributed by atoms with Crippen LogP contribution in [0, 0.1) is 18.8 Å². The Kier molecular flexibility index (Phi) is 4.41. The Labute approximate surface area is 146 Å². The standard InChI is InChI=1S/C18H23N3O2S/c1-13-4-7-24-17(13)18(22)21-9-15(12-23-11-14-2-3-14)8-20-6-5-19-16(20)10-21/h4-7,14-15H,2-3,8-12H2,1H3. The second kappa shape index (κ2) is 6.69. The molecule has 0 spiro atoms. The molecule has 1 amide bonds. The van der Waals surface area contributed by atoms with Crippen molar-refractivity contribution in [3.63, 3.8) is 0 Å². The van der Waals surface area contributed by atoms with Crippen LogP contribution >= 0.6 is 11.3 Å². The van der Waals surface area contributed by atoms with Crippen LogP contribution in [-0.4, -0.2) is 40.1 Å². The highest BCUT2D eigenvalue weighted by Gasteiger charge is 2.28. The molecule has 0 bridgehead atoms. The van der Waals surface area contributed by atoms with Gasteiger partial charge in [-0.05, 0) is 42.7 Å². The molecule has 1 fully saturated rings. The van der Waals surface area contributed by atoms with Crippen LogP contribution in [0.3, 0.4) is 0 Å². The summed E-state index contributed by atoms with van der Waals surface area (Å²) in [5, 5.41) is 1.98. The summed E-state index contributed by atoms with van der Waals surface area (Å²) >= 11 is 1.52. The number of thiophene rings is 1. The smallest absolute Gasteiger partial charge is 0.264 e. The second-order valence-electron chi connectivity index (χ2n) is 6.96. The fraction of sp³-hybridized carbons (Fsp3) is 0.556. The zero-order chi connectivity index (χ0) is 16.5. The van der Waals surface area contributed by atoms with Crippen molar-refractivity contribution < 1.29 is 9.53 Å². The minimum absolute atomic E-state index is 0.117. The Morgan fingerprint density at radius 3 is 2.92 bits per heavy atom. The Hall–Kier alpha value is -1.66. The summed E-state index contributed by atoms with van der Waals surface area (Å²) < 4.78 is 8.08. The van der Waals surface area contributed by atoms with E-state index in [1.807, 2.05) is 35.7 Å². The molecule has 24 heavy (non-hydrogen) atoms. The lowest BCUT2D eigenvalue weighted by Gasteiger charge is -2.24. The first kappa shape index (κ1) is 15.8. The molecule has 5 nitrogen and oxygen atoms in total. The Balaban J connectivity index is 1.50. The number of nitrogens with zero attached hydrogens (tertiary/aromatic N) is 3. The summed E-state index contributed by atoms with van der Waals surface area (Å²) in [6, 6.07) is 2.01. The van der Waals surface area contributed by atoms with Crippen molar-refractivity contribution in [1.29, 1.82) is 0 Å². The van der Waals surface area contributed by atoms with E-state index < -0.39 is 0 Å². The fourth-order valence-electron chi connectivity index (χ4n) is 3.22. The summed E-state index contributed by atoms with van der Waals surface area (Å²) in [4.78, 5) is 20.2. The first-order chi connectivity index (χ1) is 11.7. The average Bonchev–Trinajstić information content (AvgIpc) is 3.19. The van der Waals surface area contributed by atoms with Gasteiger partial charge in [-0.25, -0.2) is 4.98 Å². The molecular weight excluding hydrogens is 322 g/mol. The highest BCUT2D eigenvalue weighted by atomic mass is 32.1. The molecule has 2 aromatic heterocycles. The number of ether oxygens (including phenoxy) is 1. The van der Waals surface area contributed by atoms with E-state index in [-0.39, 0.29) is 5.91 Å². The quantitative estimate of drug-likeness (QED) is 0.837. The van der Waals surface area contributed by atoms with Crippen molar-refractivity contribution in [1.82, 2.24) is 14.5 Å². The van der Waals surface area contributed by atoms with Crippen molar-refractivity contribution in [2.75, 3.05) is 19.8 Å². The van der Waals surface area contributed by atoms with Gasteiger partial charge in [-0.3, -0.25) is 4.79 Å². The first-order valence-corrected chi connectivity index (χ1v) is 9.50. The Morgan fingerprint density at radius 2 is 2.17 bits per heavy atom. The lowest BCUT2D eigenvalue weighted by atomic mass is 10.1. The van der Waals surface area contributed by atoms with Crippen LogP contribution in [0.4, 0.5) is 0 Å². The van der Waals surface area contributed by atoms with E-state index in [9.17, 15) is 4.79 Å². The third-order valence-electron chi connectivity index (χ3n) is 4.82. The third kappa shape index (κ3) is 3.39. The van der Waals surface area contributed by atoms with Crippen LogP contribution in [0.1, 0.15) is 33.9 Å². The van der Waals surface area contributed by atoms with Gasteiger partial charge in [0.2, 0.25) is 0 Å². The monoisotopic (exact) mass is 345 g/mol. The number of amides is 1. The molecule has 1 aliphatic heterocycles. The summed E-state index contributed by atoms with van der Waals surface area (Å²) in [5.41, 5.74) is 1.05. The third-order valence-corrected chi connectivity index (χ3v) is 5.82. The van der Waals surface area contributed by atoms with Crippen molar-refractivity contribution in [2.24, 2.45) is 11.8 Å². The number of rotatable bonds is 5. The largest absolute Gasteiger partial charge is 0.381 e. The SMILES string of the molecule is Cc1ccsc1C(=O)N1Cc2nccn2CC(COCC2CC2)C1. The molecule has 1 aliphatic carbocycles. The van der Waals surface area contributed by atoms with Gasteiger partial charge < -0.3 is 14.2 Å². The van der Waals surface area contributed by atoms with Crippen LogP contribution in [0.15, 0.2) is 23.8 Å². The second-order valence-corrected chi connectivity index (χ2v) is 7.88. The van der Waals surface area contributed by atoms with Gasteiger partial charge in [-0.15, -0.1) is 11.3 Å². The van der Waals surface area contributed by atoms with E-state index in [1.54, 1.807) is 0 Å². The van der Waals surface area contributed by atoms with Gasteiger partial charge >= 0.3 is 0 Å². The van der Waals surface area contributed by atoms with Gasteiger partial charge in [0, 0.05) is 38.0 Å². The molecular formula is C18H23N3O2S. The molecule has 0 radical (unpaired) electrons. The minimum Gasteiger partial charge on any atom is -0.381 e. The molecule has 0 N–H and O–H groups in total. The van der Waals surface area contributed by atoms with Gasteiger partial charge in [0.25, 0.3) is 5.91 Å². The van der Waals surface area contributed by atoms with Gasteiger partial charge in [-0.1, -0.05) is 0 Å². The molecule has 0 aromatic carbocycles. The highest BCUT2D eigenvalue weighted by molar-refractivity contribution is 7.12. The maximum Gasteiger partial charge on any atom is 0.264 e. The van der Waals surface area contributed by atoms with E-state index in [2.05, 4.69) is 9.55 Å². The number of aromatic nitrogens is 2. The summed E-state index contributed by atoms with van der Waals surface area (Å²) in [6.45, 7) is 5.74. The number of carbonyl (C=O) groups is 1. The van der Waals surface area contributed by atoms with Crippen molar-refractivity contribution in [3.05, 3.63) is 40.1 Å². The number of hydrogen-bond donors (Lipinski definition) is 0. The lowest BCUT2D eigenvalue weighted by molar-refractivity contribution is 0.0574. The van der Waals surface area contributed by atoms with E-state index >= 15 is 0 Å². The van der Waals surface area contributed by atoms with Crippen LogP contribution in [0.2, 0.25) is 0 Å². The molecule has 4 rings (SSSR count). The number of imidazole rings is 1. The summed E-state index contributed by atoms with van der Waals surface area (Å²) in [7, 11) is 0. The van der Waals surface area contributed by atoms with Crippen LogP contribution in [0.25, 0.3) is 0 Å². The number of hydrogen-bond acceptors (Lipinski definition) is 4. The molecule has 1 atom stereocenters. The lowest BCUT2D eigenvalue weighted by Crippen LogP contribution is -2.35. The minimum atomic E-state index is 0.117. The van der Waals surface area contributed by atoms with Crippen molar-refractivity contribution in [2.45, 2.75) is 32.9 Å². The molecule has 1 unspecified atom stereocenters. The maximum atomic E-state index is 13.0. The molecule has 0 saturated heterocycles. The predicted octanol–water partition coefficient (Wildman–Crippen LogP) is 2.95. The van der Waals surface area contributed by atoms with Gasteiger partial charge in [0.05, 0.1) is 18.0 Å². The van der Waals surface area contributed by atoms with Crippen molar-refractivity contribution >= 4 is 17.2 Å². The highest BCUT2D eigenvalue weighted by Crippen LogP contribution is 2.29. The van der Waals surface area contributed by atoms with E-state index in [1.165, 1.54) is 24.2 Å². The molecule has 1 saturated carbocycles. The first-order valence-electron chi connectivity index (χ1n) is 8.62. The van der Waals surface area contributed by atoms with Crippen LogP contribution in [-0.2, 0) is 17.8 Å². The van der Waals surface area contributed by atoms with E-state index in [0.717, 1.165) is 41.9 Å². The van der Waals surface area contributed by atoms with E-state index in [0.29, 0.717) is 19.1 Å². The summed E-state index contributed by atoms with van der Waals surface area (Å²) in [5.74, 6) is 2.16. The van der Waals surface area contributed by atoms with Gasteiger partial charge in [0.1, 0.15) is 5.82 Å². The zero-order valence-corrected chi connectivity index (χ0v) is 14.8. The normalized spacial score (nSPS) is 20.7. The molecule has 3 heterocycles. The van der Waals surface area contributed by atoms with Crippen LogP contribution in [0.5, 0.6) is 0 Å². The predicted molar refractivity (Wildman–Crippen MR) is 93.1 cm³/mol. The molecule has 2 aliphatic rings. The maximum absolute atomic E-state index is 13.0. The topological polar surface area (TPSA) is 47.4 Å². The molecule has 128 valence electrons. The average molecular weight is 345 g/mol. The summed E-state index contributed by atoms with van der Waals surface area (Å²) in [6.07, 6.45) is 6.44. The number of fused-ring (bicyclic) bond motifs is 1. The van der Waals surface area contributed by atoms with Gasteiger partial charge in [-0.2, -0.15) is 0 Å². The fourth-order valence-corrected chi connectivity index (χ4v) is 4.11. The van der Waals surface area contributed by atoms with Gasteiger partial charge in [0.15, 0.2) is 0 Å². The number of carbonyl (C=O) groups excluding carboxylic acids is 1. The van der Waals surface area contributed by atoms with Crippen LogP contribution < -0.4 is 0 Å². The van der Waals surface area contributed by atoms with E-state index in [4.69, 9.17) is 4.74 Å². The Morgan fingerprint density at radius 1 is 1.33 bits per heavy atom. The molecule has 6 heteroatoms.